The molecular weight excluding hydrogens is 314 g/mol. The van der Waals surface area contributed by atoms with E-state index in [0.29, 0.717) is 6.04 Å². The maximum Gasteiger partial charge on any atom is 0.0843 e. The van der Waals surface area contributed by atoms with Gasteiger partial charge in [-0.2, -0.15) is 0 Å². The second-order valence-corrected chi connectivity index (χ2v) is 6.33. The molecule has 0 bridgehead atoms. The molecule has 4 heteroatoms. The molecule has 0 spiro atoms. The fourth-order valence-corrected chi connectivity index (χ4v) is 3.03. The Balaban J connectivity index is 2.45. The average molecular weight is 327 g/mol. The van der Waals surface area contributed by atoms with Gasteiger partial charge in [0.15, 0.2) is 0 Å². The first-order chi connectivity index (χ1) is 6.13. The molecule has 0 aliphatic carbocycles. The molecule has 1 nitrogen and oxygen atoms in total. The lowest BCUT2D eigenvalue weighted by atomic mass is 10.2. The number of rotatable bonds is 4. The molecule has 0 amide bonds. The largest absolute Gasteiger partial charge is 0.309 e. The van der Waals surface area contributed by atoms with Crippen LogP contribution in [-0.2, 0) is 6.54 Å². The fraction of sp³-hybridized carbons (Fsp3) is 0.556. The van der Waals surface area contributed by atoms with Crippen molar-refractivity contribution in [2.24, 2.45) is 0 Å². The second kappa shape index (κ2) is 5.49. The van der Waals surface area contributed by atoms with Crippen LogP contribution in [0.3, 0.4) is 0 Å². The van der Waals surface area contributed by atoms with Crippen LogP contribution in [0.2, 0.25) is 0 Å². The van der Waals surface area contributed by atoms with E-state index in [9.17, 15) is 0 Å². The first-order valence-electron chi connectivity index (χ1n) is 4.30. The standard InChI is InChI=1S/C9H13Br2NS/c1-3-6(2)12-5-7-4-8(10)9(11)13-7/h4,6,12H,3,5H2,1-2H3. The van der Waals surface area contributed by atoms with Crippen LogP contribution in [0, 0.1) is 0 Å². The first kappa shape index (κ1) is 11.7. The second-order valence-electron chi connectivity index (χ2n) is 3.02. The molecule has 0 aliphatic rings. The minimum absolute atomic E-state index is 0.597. The third-order valence-corrected chi connectivity index (χ3v) is 5.19. The summed E-state index contributed by atoms with van der Waals surface area (Å²) in [6, 6.07) is 2.75. The van der Waals surface area contributed by atoms with E-state index in [2.05, 4.69) is 57.1 Å². The minimum atomic E-state index is 0.597. The van der Waals surface area contributed by atoms with Crippen molar-refractivity contribution in [1.82, 2.24) is 5.32 Å². The van der Waals surface area contributed by atoms with Crippen LogP contribution in [0.25, 0.3) is 0 Å². The number of thiophene rings is 1. The van der Waals surface area contributed by atoms with Crippen LogP contribution in [0.4, 0.5) is 0 Å². The smallest absolute Gasteiger partial charge is 0.0843 e. The van der Waals surface area contributed by atoms with Crippen LogP contribution in [0.1, 0.15) is 25.1 Å². The van der Waals surface area contributed by atoms with E-state index in [0.717, 1.165) is 11.0 Å². The van der Waals surface area contributed by atoms with Crippen molar-refractivity contribution in [3.8, 4) is 0 Å². The normalized spacial score (nSPS) is 13.2. The van der Waals surface area contributed by atoms with Gasteiger partial charge < -0.3 is 5.32 Å². The fourth-order valence-electron chi connectivity index (χ4n) is 0.898. The van der Waals surface area contributed by atoms with Crippen LogP contribution in [0.15, 0.2) is 14.3 Å². The zero-order valence-electron chi connectivity index (χ0n) is 7.73. The Kier molecular flexibility index (Phi) is 4.94. The summed E-state index contributed by atoms with van der Waals surface area (Å²) in [6.07, 6.45) is 1.17. The van der Waals surface area contributed by atoms with Crippen molar-refractivity contribution in [3.05, 3.63) is 19.2 Å². The summed E-state index contributed by atoms with van der Waals surface area (Å²) in [4.78, 5) is 1.36. The zero-order chi connectivity index (χ0) is 9.84. The van der Waals surface area contributed by atoms with E-state index in [1.165, 1.54) is 15.1 Å². The van der Waals surface area contributed by atoms with E-state index >= 15 is 0 Å². The quantitative estimate of drug-likeness (QED) is 0.876. The molecule has 1 aromatic heterocycles. The van der Waals surface area contributed by atoms with Crippen LogP contribution in [0.5, 0.6) is 0 Å². The van der Waals surface area contributed by atoms with E-state index < -0.39 is 0 Å². The Hall–Kier alpha value is 0.620. The van der Waals surface area contributed by atoms with E-state index in [1.807, 2.05) is 0 Å². The summed E-state index contributed by atoms with van der Waals surface area (Å²) in [5.74, 6) is 0. The van der Waals surface area contributed by atoms with Crippen molar-refractivity contribution in [1.29, 1.82) is 0 Å². The number of nitrogens with one attached hydrogen (secondary N) is 1. The van der Waals surface area contributed by atoms with Crippen LogP contribution >= 0.6 is 43.2 Å². The molecule has 1 heterocycles. The first-order valence-corrected chi connectivity index (χ1v) is 6.70. The summed E-state index contributed by atoms with van der Waals surface area (Å²) < 4.78 is 2.33. The Bertz CT molecular complexity index is 253. The van der Waals surface area contributed by atoms with Crippen molar-refractivity contribution < 1.29 is 0 Å². The Morgan fingerprint density at radius 1 is 1.54 bits per heavy atom. The number of hydrogen-bond acceptors (Lipinski definition) is 2. The lowest BCUT2D eigenvalue weighted by molar-refractivity contribution is 0.537. The molecule has 13 heavy (non-hydrogen) atoms. The van der Waals surface area contributed by atoms with Gasteiger partial charge in [0.2, 0.25) is 0 Å². The SMILES string of the molecule is CCC(C)NCc1cc(Br)c(Br)s1. The lowest BCUT2D eigenvalue weighted by Crippen LogP contribution is -2.23. The summed E-state index contributed by atoms with van der Waals surface area (Å²) in [5, 5.41) is 3.46. The molecule has 1 unspecified atom stereocenters. The summed E-state index contributed by atoms with van der Waals surface area (Å²) in [6.45, 7) is 5.36. The van der Waals surface area contributed by atoms with Crippen LogP contribution in [-0.4, -0.2) is 6.04 Å². The Morgan fingerprint density at radius 2 is 2.23 bits per heavy atom. The van der Waals surface area contributed by atoms with Gasteiger partial charge in [-0.1, -0.05) is 6.92 Å². The van der Waals surface area contributed by atoms with E-state index in [4.69, 9.17) is 0 Å². The molecule has 74 valence electrons. The highest BCUT2D eigenvalue weighted by Gasteiger charge is 2.04. The van der Waals surface area contributed by atoms with E-state index in [1.54, 1.807) is 11.3 Å². The Labute approximate surface area is 100 Å². The molecule has 1 N–H and O–H groups in total. The van der Waals surface area contributed by atoms with Gasteiger partial charge in [0.05, 0.1) is 3.79 Å². The predicted octanol–water partition coefficient (Wildman–Crippen LogP) is 4.16. The number of halogens is 2. The zero-order valence-corrected chi connectivity index (χ0v) is 11.7. The maximum absolute atomic E-state index is 3.48. The molecule has 1 aromatic rings. The summed E-state index contributed by atoms with van der Waals surface area (Å²) >= 11 is 8.73. The monoisotopic (exact) mass is 325 g/mol. The summed E-state index contributed by atoms with van der Waals surface area (Å²) in [5.41, 5.74) is 0. The Morgan fingerprint density at radius 3 is 2.69 bits per heavy atom. The average Bonchev–Trinajstić information content (AvgIpc) is 2.42. The highest BCUT2D eigenvalue weighted by molar-refractivity contribution is 9.13. The van der Waals surface area contributed by atoms with Gasteiger partial charge in [0.25, 0.3) is 0 Å². The van der Waals surface area contributed by atoms with Crippen molar-refractivity contribution in [3.63, 3.8) is 0 Å². The van der Waals surface area contributed by atoms with Gasteiger partial charge in [0.1, 0.15) is 0 Å². The van der Waals surface area contributed by atoms with E-state index in [-0.39, 0.29) is 0 Å². The van der Waals surface area contributed by atoms with Gasteiger partial charge in [-0.15, -0.1) is 11.3 Å². The third-order valence-electron chi connectivity index (χ3n) is 1.93. The minimum Gasteiger partial charge on any atom is -0.309 e. The topological polar surface area (TPSA) is 12.0 Å². The maximum atomic E-state index is 3.48. The van der Waals surface area contributed by atoms with Gasteiger partial charge in [-0.3, -0.25) is 0 Å². The van der Waals surface area contributed by atoms with Crippen molar-refractivity contribution in [2.75, 3.05) is 0 Å². The van der Waals surface area contributed by atoms with Gasteiger partial charge in [0, 0.05) is 21.9 Å². The lowest BCUT2D eigenvalue weighted by Gasteiger charge is -2.09. The van der Waals surface area contributed by atoms with Gasteiger partial charge in [-0.25, -0.2) is 0 Å². The van der Waals surface area contributed by atoms with Gasteiger partial charge in [-0.05, 0) is 51.3 Å². The molecule has 0 aliphatic heterocycles. The molecular formula is C9H13Br2NS. The highest BCUT2D eigenvalue weighted by Crippen LogP contribution is 2.32. The van der Waals surface area contributed by atoms with Gasteiger partial charge >= 0.3 is 0 Å². The van der Waals surface area contributed by atoms with Crippen molar-refractivity contribution in [2.45, 2.75) is 32.9 Å². The summed E-state index contributed by atoms with van der Waals surface area (Å²) in [7, 11) is 0. The molecule has 1 rings (SSSR count). The van der Waals surface area contributed by atoms with Crippen LogP contribution < -0.4 is 5.32 Å². The number of hydrogen-bond donors (Lipinski definition) is 1. The molecule has 0 fully saturated rings. The molecule has 1 atom stereocenters. The third kappa shape index (κ3) is 3.70. The molecule has 0 radical (unpaired) electrons. The molecule has 0 aromatic carbocycles. The molecule has 0 saturated carbocycles. The molecule has 0 saturated heterocycles. The highest BCUT2D eigenvalue weighted by atomic mass is 79.9. The predicted molar refractivity (Wildman–Crippen MR) is 66.3 cm³/mol. The van der Waals surface area contributed by atoms with Crippen molar-refractivity contribution >= 4 is 43.2 Å².